The van der Waals surface area contributed by atoms with E-state index in [1.165, 1.54) is 47.7 Å². The van der Waals surface area contributed by atoms with Gasteiger partial charge in [0.15, 0.2) is 29.1 Å². The lowest BCUT2D eigenvalue weighted by Gasteiger charge is -2.08. The highest BCUT2D eigenvalue weighted by Crippen LogP contribution is 2.26. The molecule has 24 heteroatoms. The molecule has 324 valence electrons. The zero-order valence-electron chi connectivity index (χ0n) is 32.3. The lowest BCUT2D eigenvalue weighted by atomic mass is 10.2. The Hall–Kier alpha value is -8.01. The maximum absolute atomic E-state index is 14.1. The molecule has 0 spiro atoms. The van der Waals surface area contributed by atoms with Crippen LogP contribution in [-0.2, 0) is 22.7 Å². The second-order valence-electron chi connectivity index (χ2n) is 12.4. The molecule has 5 aromatic heterocycles. The molecule has 0 amide bonds. The van der Waals surface area contributed by atoms with Crippen LogP contribution in [0.25, 0.3) is 34.3 Å². The molecule has 0 saturated heterocycles. The molecule has 2 aromatic carbocycles. The normalized spacial score (nSPS) is 10.7. The van der Waals surface area contributed by atoms with Crippen molar-refractivity contribution < 1.29 is 53.8 Å². The fourth-order valence-electron chi connectivity index (χ4n) is 5.03. The van der Waals surface area contributed by atoms with Crippen molar-refractivity contribution in [3.05, 3.63) is 147 Å². The van der Waals surface area contributed by atoms with E-state index in [1.807, 2.05) is 0 Å². The molecule has 62 heavy (non-hydrogen) atoms. The highest BCUT2D eigenvalue weighted by atomic mass is 19.2. The average molecular weight is 874 g/mol. The maximum atomic E-state index is 14.1. The Kier molecular flexibility index (Phi) is 16.0. The molecule has 0 atom stereocenters. The summed E-state index contributed by atoms with van der Waals surface area (Å²) in [6.07, 6.45) is 5.50. The number of rotatable bonds is 10. The number of allylic oxidation sites excluding steroid dienone is 1. The lowest BCUT2D eigenvalue weighted by molar-refractivity contribution is -0.191. The van der Waals surface area contributed by atoms with Crippen LogP contribution in [0.15, 0.2) is 93.1 Å². The largest absolute Gasteiger partial charge is 0.382 e. The predicted molar refractivity (Wildman–Crippen MR) is 199 cm³/mol. The van der Waals surface area contributed by atoms with Crippen LogP contribution in [0, 0.1) is 46.1 Å². The molecule has 7 rings (SSSR count). The van der Waals surface area contributed by atoms with Gasteiger partial charge in [-0.3, -0.25) is 19.6 Å². The molecule has 0 unspecified atom stereocenters. The second-order valence-corrected chi connectivity index (χ2v) is 12.4. The molecule has 0 aliphatic heterocycles. The van der Waals surface area contributed by atoms with E-state index in [9.17, 15) is 39.9 Å². The summed E-state index contributed by atoms with van der Waals surface area (Å²) in [7, 11) is 3.60. The SMILES string of the molecule is CCC(F)=CN(C)C.N=C(N)c1cc(-c2ccon2)n(Cc2c(F)ccc(F)c2F)n1.O=C=O.O=c1[nH]c(-c2cc(-c3ccon3)n(Cc3c(F)ccc(F)c3F)n2)ncc1F. The van der Waals surface area contributed by atoms with Crippen molar-refractivity contribution in [2.75, 3.05) is 14.1 Å². The number of amidine groups is 1. The third-order valence-electron chi connectivity index (χ3n) is 7.86. The molecule has 0 fully saturated rings. The average Bonchev–Trinajstić information content (AvgIpc) is 4.08. The zero-order valence-corrected chi connectivity index (χ0v) is 32.3. The van der Waals surface area contributed by atoms with Gasteiger partial charge in [0.05, 0.1) is 30.7 Å². The Morgan fingerprint density at radius 3 is 1.69 bits per heavy atom. The number of carbonyl (C=O) groups excluding carboxylic acids is 2. The standard InChI is InChI=1S/C17H9F4N5O2.C14H10F3N5O.C6H12FN.CO2/c18-9-1-2-10(19)15(21)8(9)7-26-14(12-3-4-28-25-12)5-13(24-26)16-22-6-11(20)17(27)23-16;15-8-1-2-9(16)13(17)7(8)6-22-12(10-3-4-23-21-10)5-11(20-22)14(18)19;1-4-6(7)5-8(2)3;2-1-3/h1-6H,7H2,(H,22,23,27);1-5H,6H2,(H3,18,19);5H,4H2,1-3H3;. The first-order valence-corrected chi connectivity index (χ1v) is 17.3. The van der Waals surface area contributed by atoms with Gasteiger partial charge in [-0.25, -0.2) is 35.7 Å². The Morgan fingerprint density at radius 2 is 1.27 bits per heavy atom. The second kappa shape index (κ2) is 21.3. The van der Waals surface area contributed by atoms with Gasteiger partial charge in [-0.15, -0.1) is 0 Å². The van der Waals surface area contributed by atoms with Crippen molar-refractivity contribution in [3.63, 3.8) is 0 Å². The fourth-order valence-corrected chi connectivity index (χ4v) is 5.03. The number of hydrogen-bond acceptors (Lipinski definition) is 12. The highest BCUT2D eigenvalue weighted by molar-refractivity contribution is 5.94. The summed E-state index contributed by atoms with van der Waals surface area (Å²) in [6.45, 7) is 0.906. The van der Waals surface area contributed by atoms with Crippen molar-refractivity contribution in [2.45, 2.75) is 26.4 Å². The minimum absolute atomic E-state index is 0.0740. The van der Waals surface area contributed by atoms with Crippen LogP contribution < -0.4 is 11.3 Å². The Morgan fingerprint density at radius 1 is 0.790 bits per heavy atom. The van der Waals surface area contributed by atoms with Gasteiger partial charge in [-0.1, -0.05) is 17.2 Å². The van der Waals surface area contributed by atoms with Gasteiger partial charge < -0.3 is 24.7 Å². The van der Waals surface area contributed by atoms with Crippen molar-refractivity contribution in [3.8, 4) is 34.3 Å². The molecule has 5 heterocycles. The van der Waals surface area contributed by atoms with Crippen LogP contribution in [0.4, 0.5) is 35.1 Å². The summed E-state index contributed by atoms with van der Waals surface area (Å²) in [5, 5.41) is 23.0. The molecule has 0 radical (unpaired) electrons. The summed E-state index contributed by atoms with van der Waals surface area (Å²) in [5.41, 5.74) is 4.67. The first kappa shape index (κ1) is 46.7. The third kappa shape index (κ3) is 11.8. The van der Waals surface area contributed by atoms with Crippen LogP contribution in [-0.4, -0.2) is 70.8 Å². The molecule has 7 aromatic rings. The van der Waals surface area contributed by atoms with Crippen molar-refractivity contribution in [1.29, 1.82) is 5.41 Å². The molecule has 0 aliphatic carbocycles. The van der Waals surface area contributed by atoms with Crippen LogP contribution in [0.2, 0.25) is 0 Å². The Balaban J connectivity index is 0.000000223. The molecule has 4 N–H and O–H groups in total. The van der Waals surface area contributed by atoms with Crippen LogP contribution in [0.5, 0.6) is 0 Å². The van der Waals surface area contributed by atoms with Crippen molar-refractivity contribution in [2.24, 2.45) is 5.73 Å². The number of aromatic amines is 1. The molecule has 16 nitrogen and oxygen atoms in total. The molecular formula is C38H31F8N11O5. The van der Waals surface area contributed by atoms with E-state index in [-0.39, 0.29) is 46.4 Å². The molecule has 0 saturated carbocycles. The maximum Gasteiger partial charge on any atom is 0.373 e. The molecule has 0 aliphatic rings. The van der Waals surface area contributed by atoms with Gasteiger partial charge in [-0.05, 0) is 42.8 Å². The van der Waals surface area contributed by atoms with E-state index in [4.69, 9.17) is 29.8 Å². The van der Waals surface area contributed by atoms with Gasteiger partial charge in [0.1, 0.15) is 58.6 Å². The number of aromatic nitrogens is 8. The first-order valence-electron chi connectivity index (χ1n) is 17.3. The summed E-state index contributed by atoms with van der Waals surface area (Å²) in [4.78, 5) is 35.4. The number of nitrogens with two attached hydrogens (primary N) is 1. The van der Waals surface area contributed by atoms with E-state index in [2.05, 4.69) is 30.5 Å². The number of H-pyrrole nitrogens is 1. The summed E-state index contributed by atoms with van der Waals surface area (Å²) < 4.78 is 120. The lowest BCUT2D eigenvalue weighted by Crippen LogP contribution is -2.14. The zero-order chi connectivity index (χ0) is 45.7. The van der Waals surface area contributed by atoms with Crippen molar-refractivity contribution in [1.82, 2.24) is 44.7 Å². The van der Waals surface area contributed by atoms with Gasteiger partial charge in [0.2, 0.25) is 5.82 Å². The van der Waals surface area contributed by atoms with E-state index in [1.54, 1.807) is 25.9 Å². The number of nitrogen functional groups attached to an aromatic ring is 1. The Labute approximate surface area is 343 Å². The quantitative estimate of drug-likeness (QED) is 0.0591. The van der Waals surface area contributed by atoms with E-state index in [0.717, 1.165) is 23.0 Å². The number of nitrogens with zero attached hydrogens (tertiary/aromatic N) is 8. The molecular weight excluding hydrogens is 842 g/mol. The van der Waals surface area contributed by atoms with Gasteiger partial charge >= 0.3 is 6.15 Å². The minimum atomic E-state index is -1.35. The van der Waals surface area contributed by atoms with Gasteiger partial charge in [-0.2, -0.15) is 24.2 Å². The first-order chi connectivity index (χ1) is 29.5. The fraction of sp³-hybridized carbons (Fsp3) is 0.158. The smallest absolute Gasteiger partial charge is 0.373 e. The molecule has 0 bridgehead atoms. The summed E-state index contributed by atoms with van der Waals surface area (Å²) in [5.74, 6) is -8.44. The third-order valence-corrected chi connectivity index (χ3v) is 7.86. The number of hydrogen-bond donors (Lipinski definition) is 3. The van der Waals surface area contributed by atoms with Gasteiger partial charge in [0.25, 0.3) is 5.56 Å². The number of nitrogens with one attached hydrogen (secondary N) is 2. The predicted octanol–water partition coefficient (Wildman–Crippen LogP) is 6.37. The van der Waals surface area contributed by atoms with Crippen molar-refractivity contribution >= 4 is 12.0 Å². The van der Waals surface area contributed by atoms with E-state index < -0.39 is 70.5 Å². The highest BCUT2D eigenvalue weighted by Gasteiger charge is 2.22. The van der Waals surface area contributed by atoms with E-state index >= 15 is 0 Å². The van der Waals surface area contributed by atoms with Crippen LogP contribution >= 0.6 is 0 Å². The summed E-state index contributed by atoms with van der Waals surface area (Å²) >= 11 is 0. The Bertz CT molecular complexity index is 2740. The number of halogens is 8. The van der Waals surface area contributed by atoms with E-state index in [0.29, 0.717) is 29.9 Å². The monoisotopic (exact) mass is 873 g/mol. The summed E-state index contributed by atoms with van der Waals surface area (Å²) in [6, 6.07) is 8.82. The number of benzene rings is 2. The topological polar surface area (TPSA) is 221 Å². The van der Waals surface area contributed by atoms with Crippen LogP contribution in [0.3, 0.4) is 0 Å². The van der Waals surface area contributed by atoms with Crippen LogP contribution in [0.1, 0.15) is 30.2 Å². The van der Waals surface area contributed by atoms with Gasteiger partial charge in [0, 0.05) is 43.6 Å². The minimum Gasteiger partial charge on any atom is -0.382 e.